The van der Waals surface area contributed by atoms with Gasteiger partial charge in [0.05, 0.1) is 18.5 Å². The molecule has 0 radical (unpaired) electrons. The summed E-state index contributed by atoms with van der Waals surface area (Å²) in [6.45, 7) is 13.3. The second-order valence-corrected chi connectivity index (χ2v) is 10.8. The molecule has 2 fully saturated rings. The van der Waals surface area contributed by atoms with Crippen molar-refractivity contribution in [1.29, 1.82) is 5.41 Å². The molecule has 0 bridgehead atoms. The number of hydrogen-bond donors (Lipinski definition) is 2. The number of carbonyl (C=O) groups is 1. The van der Waals surface area contributed by atoms with Crippen molar-refractivity contribution >= 4 is 11.6 Å². The molecule has 1 aliphatic heterocycles. The summed E-state index contributed by atoms with van der Waals surface area (Å²) >= 11 is 0. The third kappa shape index (κ3) is 4.20. The Morgan fingerprint density at radius 1 is 1.14 bits per heavy atom. The van der Waals surface area contributed by atoms with E-state index in [1.165, 1.54) is 0 Å². The van der Waals surface area contributed by atoms with Gasteiger partial charge in [0.2, 0.25) is 0 Å². The molecule has 1 aromatic carbocycles. The molecule has 3 rings (SSSR count). The number of Topliss-reactive ketones (excluding diaryl/α,β-unsaturated/α-hetero) is 1. The van der Waals surface area contributed by atoms with Crippen LogP contribution < -0.4 is 0 Å². The first-order chi connectivity index (χ1) is 13.3. The highest BCUT2D eigenvalue weighted by Crippen LogP contribution is 2.41. The number of phenols is 1. The monoisotopic (exact) mass is 400 g/mol. The molecule has 2 N–H and O–H groups in total. The average Bonchev–Trinajstić information content (AvgIpc) is 3.12. The molecule has 3 atom stereocenters. The minimum absolute atomic E-state index is 0.00835. The first kappa shape index (κ1) is 21.8. The first-order valence-corrected chi connectivity index (χ1v) is 10.6. The van der Waals surface area contributed by atoms with Crippen molar-refractivity contribution in [2.75, 3.05) is 20.2 Å². The van der Waals surface area contributed by atoms with Crippen molar-refractivity contribution in [2.24, 2.45) is 11.8 Å². The second-order valence-electron chi connectivity index (χ2n) is 10.8. The van der Waals surface area contributed by atoms with Crippen LogP contribution in [0.4, 0.5) is 0 Å². The number of ketones is 1. The highest BCUT2D eigenvalue weighted by Gasteiger charge is 2.45. The van der Waals surface area contributed by atoms with Crippen LogP contribution in [0.15, 0.2) is 12.1 Å². The first-order valence-electron chi connectivity index (χ1n) is 10.6. The van der Waals surface area contributed by atoms with Gasteiger partial charge in [0.1, 0.15) is 5.75 Å². The fourth-order valence-corrected chi connectivity index (χ4v) is 4.77. The van der Waals surface area contributed by atoms with Gasteiger partial charge in [-0.25, -0.2) is 0 Å². The lowest BCUT2D eigenvalue weighted by molar-refractivity contribution is 0.0943. The molecule has 1 aromatic rings. The van der Waals surface area contributed by atoms with Gasteiger partial charge in [-0.15, -0.1) is 0 Å². The van der Waals surface area contributed by atoms with Crippen LogP contribution >= 0.6 is 0 Å². The number of ether oxygens (including phenoxy) is 1. The lowest BCUT2D eigenvalue weighted by Crippen LogP contribution is -2.33. The molecule has 2 aliphatic rings. The summed E-state index contributed by atoms with van der Waals surface area (Å²) in [6, 6.07) is 3.68. The number of amidine groups is 1. The Kier molecular flexibility index (Phi) is 5.59. The Bertz CT molecular complexity index is 781. The number of nitrogens with one attached hydrogen (secondary N) is 1. The van der Waals surface area contributed by atoms with Gasteiger partial charge in [-0.1, -0.05) is 41.5 Å². The van der Waals surface area contributed by atoms with E-state index in [2.05, 4.69) is 0 Å². The van der Waals surface area contributed by atoms with Gasteiger partial charge >= 0.3 is 0 Å². The largest absolute Gasteiger partial charge is 0.507 e. The highest BCUT2D eigenvalue weighted by atomic mass is 16.5. The van der Waals surface area contributed by atoms with Crippen LogP contribution in [0.3, 0.4) is 0 Å². The number of benzene rings is 1. The zero-order valence-electron chi connectivity index (χ0n) is 18.9. The number of phenolic OH excluding ortho intramolecular Hbond substituents is 1. The van der Waals surface area contributed by atoms with E-state index in [1.54, 1.807) is 7.11 Å². The molecule has 1 heterocycles. The van der Waals surface area contributed by atoms with Crippen molar-refractivity contribution in [2.45, 2.75) is 71.3 Å². The molecule has 0 amide bonds. The zero-order valence-corrected chi connectivity index (χ0v) is 18.9. The number of methoxy groups -OCH3 is 1. The maximum absolute atomic E-state index is 13.2. The molecule has 0 aromatic heterocycles. The van der Waals surface area contributed by atoms with Crippen molar-refractivity contribution in [3.63, 3.8) is 0 Å². The summed E-state index contributed by atoms with van der Waals surface area (Å²) < 4.78 is 5.48. The number of carbonyl (C=O) groups excluding carboxylic acids is 1. The van der Waals surface area contributed by atoms with Crippen LogP contribution in [0.25, 0.3) is 0 Å². The SMILES string of the molecule is COC1CC2CN(CC(=O)c3cc(C(C)(C)C)c(O)c(C(C)(C)C)c3)C(=N)C2C1. The lowest BCUT2D eigenvalue weighted by atomic mass is 9.78. The van der Waals surface area contributed by atoms with Crippen LogP contribution in [0.1, 0.15) is 75.9 Å². The molecule has 3 unspecified atom stereocenters. The van der Waals surface area contributed by atoms with Crippen LogP contribution in [0.5, 0.6) is 5.75 Å². The van der Waals surface area contributed by atoms with Gasteiger partial charge in [-0.05, 0) is 41.7 Å². The standard InChI is InChI=1S/C24H36N2O3/c1-23(2,3)18-9-14(10-19(21(18)28)24(4,5)6)20(27)13-26-12-15-8-16(29-7)11-17(15)22(26)25/h9-10,15-17,25,28H,8,11-13H2,1-7H3. The Morgan fingerprint density at radius 3 is 2.14 bits per heavy atom. The van der Waals surface area contributed by atoms with Crippen LogP contribution in [-0.2, 0) is 15.6 Å². The minimum atomic E-state index is -0.271. The predicted molar refractivity (Wildman–Crippen MR) is 116 cm³/mol. The number of aromatic hydroxyl groups is 1. The Morgan fingerprint density at radius 2 is 1.69 bits per heavy atom. The molecule has 1 aliphatic carbocycles. The number of fused-ring (bicyclic) bond motifs is 1. The maximum atomic E-state index is 13.2. The number of likely N-dealkylation sites (tertiary alicyclic amines) is 1. The predicted octanol–water partition coefficient (Wildman–Crippen LogP) is 4.50. The summed E-state index contributed by atoms with van der Waals surface area (Å²) in [4.78, 5) is 15.1. The summed E-state index contributed by atoms with van der Waals surface area (Å²) in [7, 11) is 1.74. The Balaban J connectivity index is 1.86. The molecule has 29 heavy (non-hydrogen) atoms. The molecule has 5 nitrogen and oxygen atoms in total. The van der Waals surface area contributed by atoms with E-state index < -0.39 is 0 Å². The molecular weight excluding hydrogens is 364 g/mol. The maximum Gasteiger partial charge on any atom is 0.182 e. The van der Waals surface area contributed by atoms with E-state index in [4.69, 9.17) is 10.1 Å². The Labute approximate surface area is 175 Å². The van der Waals surface area contributed by atoms with Crippen LogP contribution in [0, 0.1) is 17.2 Å². The smallest absolute Gasteiger partial charge is 0.182 e. The average molecular weight is 401 g/mol. The van der Waals surface area contributed by atoms with Crippen molar-refractivity contribution in [3.8, 4) is 5.75 Å². The van der Waals surface area contributed by atoms with Gasteiger partial charge in [-0.2, -0.15) is 0 Å². The van der Waals surface area contributed by atoms with Gasteiger partial charge in [-0.3, -0.25) is 10.2 Å². The van der Waals surface area contributed by atoms with Gasteiger partial charge in [0.15, 0.2) is 5.78 Å². The minimum Gasteiger partial charge on any atom is -0.507 e. The van der Waals surface area contributed by atoms with E-state index in [0.29, 0.717) is 17.3 Å². The highest BCUT2D eigenvalue weighted by molar-refractivity contribution is 6.01. The van der Waals surface area contributed by atoms with Crippen LogP contribution in [0.2, 0.25) is 0 Å². The number of rotatable bonds is 4. The molecule has 5 heteroatoms. The van der Waals surface area contributed by atoms with E-state index in [0.717, 1.165) is 30.5 Å². The summed E-state index contributed by atoms with van der Waals surface area (Å²) in [5, 5.41) is 19.4. The van der Waals surface area contributed by atoms with Crippen molar-refractivity contribution in [3.05, 3.63) is 28.8 Å². The van der Waals surface area contributed by atoms with E-state index in [-0.39, 0.29) is 40.9 Å². The van der Waals surface area contributed by atoms with Gasteiger partial charge in [0, 0.05) is 36.3 Å². The Hall–Kier alpha value is -1.88. The number of nitrogens with zero attached hydrogens (tertiary/aromatic N) is 1. The normalized spacial score (nSPS) is 24.9. The van der Waals surface area contributed by atoms with Gasteiger partial charge in [0.25, 0.3) is 0 Å². The molecule has 1 saturated carbocycles. The zero-order chi connectivity index (χ0) is 21.7. The van der Waals surface area contributed by atoms with Crippen molar-refractivity contribution < 1.29 is 14.6 Å². The summed E-state index contributed by atoms with van der Waals surface area (Å²) in [6.07, 6.45) is 2.09. The van der Waals surface area contributed by atoms with E-state index >= 15 is 0 Å². The molecule has 1 saturated heterocycles. The topological polar surface area (TPSA) is 73.6 Å². The van der Waals surface area contributed by atoms with Crippen molar-refractivity contribution in [1.82, 2.24) is 4.90 Å². The fourth-order valence-electron chi connectivity index (χ4n) is 4.77. The summed E-state index contributed by atoms with van der Waals surface area (Å²) in [5.74, 6) is 1.50. The van der Waals surface area contributed by atoms with E-state index in [9.17, 15) is 9.90 Å². The molecular formula is C24H36N2O3. The molecule has 0 spiro atoms. The fraction of sp³-hybridized carbons (Fsp3) is 0.667. The number of hydrogen-bond acceptors (Lipinski definition) is 4. The summed E-state index contributed by atoms with van der Waals surface area (Å²) in [5.41, 5.74) is 1.67. The van der Waals surface area contributed by atoms with Crippen LogP contribution in [-0.4, -0.2) is 47.9 Å². The lowest BCUT2D eigenvalue weighted by Gasteiger charge is -2.28. The second kappa shape index (κ2) is 7.42. The van der Waals surface area contributed by atoms with E-state index in [1.807, 2.05) is 58.6 Å². The van der Waals surface area contributed by atoms with Gasteiger partial charge < -0.3 is 14.7 Å². The third-order valence-corrected chi connectivity index (χ3v) is 6.51. The quantitative estimate of drug-likeness (QED) is 0.730. The molecule has 160 valence electrons. The third-order valence-electron chi connectivity index (χ3n) is 6.51.